The maximum absolute atomic E-state index is 12.6. The summed E-state index contributed by atoms with van der Waals surface area (Å²) in [6.07, 6.45) is 11.6. The van der Waals surface area contributed by atoms with Gasteiger partial charge in [-0.2, -0.15) is 0 Å². The van der Waals surface area contributed by atoms with E-state index in [2.05, 4.69) is 32.3 Å². The number of nitrogens with zero attached hydrogens (tertiary/aromatic N) is 3. The third-order valence-electron chi connectivity index (χ3n) is 5.85. The van der Waals surface area contributed by atoms with Crippen molar-refractivity contribution in [2.75, 3.05) is 18.0 Å². The summed E-state index contributed by atoms with van der Waals surface area (Å²) in [5.74, 6) is 1.15. The zero-order valence-corrected chi connectivity index (χ0v) is 15.8. The normalized spacial score (nSPS) is 19.0. The molecule has 1 amide bonds. The molecule has 0 bridgehead atoms. The van der Waals surface area contributed by atoms with Gasteiger partial charge in [0.05, 0.1) is 0 Å². The number of amides is 1. The molecule has 4 rings (SSSR count). The highest BCUT2D eigenvalue weighted by molar-refractivity contribution is 5.79. The molecule has 0 spiro atoms. The highest BCUT2D eigenvalue weighted by Crippen LogP contribution is 2.24. The lowest BCUT2D eigenvalue weighted by Crippen LogP contribution is -2.44. The summed E-state index contributed by atoms with van der Waals surface area (Å²) in [7, 11) is 0. The second-order valence-electron chi connectivity index (χ2n) is 7.74. The average molecular weight is 364 g/mol. The van der Waals surface area contributed by atoms with Gasteiger partial charge in [-0.15, -0.1) is 0 Å². The lowest BCUT2D eigenvalue weighted by atomic mass is 9.92. The quantitative estimate of drug-likeness (QED) is 0.896. The Morgan fingerprint density at radius 1 is 0.889 bits per heavy atom. The van der Waals surface area contributed by atoms with E-state index in [-0.39, 0.29) is 11.8 Å². The molecule has 142 valence electrons. The minimum absolute atomic E-state index is 0.131. The molecule has 1 aliphatic heterocycles. The van der Waals surface area contributed by atoms with Crippen molar-refractivity contribution in [1.29, 1.82) is 0 Å². The van der Waals surface area contributed by atoms with Crippen molar-refractivity contribution in [2.45, 2.75) is 51.0 Å². The van der Waals surface area contributed by atoms with Crippen LogP contribution in [0.25, 0.3) is 11.1 Å². The van der Waals surface area contributed by atoms with Crippen LogP contribution < -0.4 is 10.2 Å². The zero-order valence-electron chi connectivity index (χ0n) is 15.8. The van der Waals surface area contributed by atoms with Crippen molar-refractivity contribution in [3.63, 3.8) is 0 Å². The SMILES string of the molecule is O=C(NC1CCCCC1)C1CCN(c2ncc(-c3ccccc3)cn2)CC1. The summed E-state index contributed by atoms with van der Waals surface area (Å²) in [5, 5.41) is 3.28. The predicted octanol–water partition coefficient (Wildman–Crippen LogP) is 3.81. The van der Waals surface area contributed by atoms with Gasteiger partial charge in [0.15, 0.2) is 0 Å². The third kappa shape index (κ3) is 4.46. The van der Waals surface area contributed by atoms with Gasteiger partial charge in [-0.25, -0.2) is 9.97 Å². The van der Waals surface area contributed by atoms with Crippen molar-refractivity contribution < 1.29 is 4.79 Å². The first kappa shape index (κ1) is 18.0. The fourth-order valence-electron chi connectivity index (χ4n) is 4.17. The molecule has 2 aromatic rings. The van der Waals surface area contributed by atoms with Gasteiger partial charge in [0.25, 0.3) is 0 Å². The van der Waals surface area contributed by atoms with Crippen molar-refractivity contribution in [3.8, 4) is 11.1 Å². The molecule has 1 aromatic heterocycles. The monoisotopic (exact) mass is 364 g/mol. The van der Waals surface area contributed by atoms with Crippen LogP contribution in [0.3, 0.4) is 0 Å². The molecular weight excluding hydrogens is 336 g/mol. The molecule has 0 atom stereocenters. The molecule has 5 heteroatoms. The first-order chi connectivity index (χ1) is 13.3. The zero-order chi connectivity index (χ0) is 18.5. The van der Waals surface area contributed by atoms with Gasteiger partial charge in [-0.1, -0.05) is 49.6 Å². The lowest BCUT2D eigenvalue weighted by Gasteiger charge is -2.32. The Kier molecular flexibility index (Phi) is 5.66. The van der Waals surface area contributed by atoms with Gasteiger partial charge >= 0.3 is 0 Å². The maximum atomic E-state index is 12.6. The standard InChI is InChI=1S/C22H28N4O/c27-21(25-20-9-5-2-6-10-20)18-11-13-26(14-12-18)22-23-15-19(16-24-22)17-7-3-1-4-8-17/h1,3-4,7-8,15-16,18,20H,2,5-6,9-14H2,(H,25,27). The van der Waals surface area contributed by atoms with E-state index in [0.29, 0.717) is 6.04 Å². The van der Waals surface area contributed by atoms with E-state index in [4.69, 9.17) is 0 Å². The molecule has 1 N–H and O–H groups in total. The Bertz CT molecular complexity index is 733. The molecular formula is C22H28N4O. The van der Waals surface area contributed by atoms with Crippen molar-refractivity contribution in [3.05, 3.63) is 42.7 Å². The molecule has 1 aromatic carbocycles. The van der Waals surface area contributed by atoms with E-state index in [1.807, 2.05) is 30.6 Å². The van der Waals surface area contributed by atoms with Gasteiger partial charge in [-0.05, 0) is 31.2 Å². The van der Waals surface area contributed by atoms with Gasteiger partial charge < -0.3 is 10.2 Å². The Labute approximate surface area is 161 Å². The van der Waals surface area contributed by atoms with E-state index in [1.165, 1.54) is 19.3 Å². The topological polar surface area (TPSA) is 58.1 Å². The largest absolute Gasteiger partial charge is 0.353 e. The van der Waals surface area contributed by atoms with E-state index in [1.54, 1.807) is 0 Å². The molecule has 2 aliphatic rings. The molecule has 1 saturated carbocycles. The molecule has 1 aliphatic carbocycles. The Morgan fingerprint density at radius 3 is 2.22 bits per heavy atom. The fraction of sp³-hybridized carbons (Fsp3) is 0.500. The molecule has 27 heavy (non-hydrogen) atoms. The lowest BCUT2D eigenvalue weighted by molar-refractivity contribution is -0.126. The molecule has 1 saturated heterocycles. The van der Waals surface area contributed by atoms with E-state index >= 15 is 0 Å². The molecule has 0 radical (unpaired) electrons. The number of rotatable bonds is 4. The number of hydrogen-bond donors (Lipinski definition) is 1. The van der Waals surface area contributed by atoms with Gasteiger partial charge in [0.2, 0.25) is 11.9 Å². The smallest absolute Gasteiger partial charge is 0.225 e. The second kappa shape index (κ2) is 8.51. The van der Waals surface area contributed by atoms with Crippen LogP contribution >= 0.6 is 0 Å². The van der Waals surface area contributed by atoms with Crippen molar-refractivity contribution >= 4 is 11.9 Å². The summed E-state index contributed by atoms with van der Waals surface area (Å²) in [4.78, 5) is 23.9. The number of hydrogen-bond acceptors (Lipinski definition) is 4. The summed E-state index contributed by atoms with van der Waals surface area (Å²) < 4.78 is 0. The highest BCUT2D eigenvalue weighted by Gasteiger charge is 2.27. The molecule has 2 fully saturated rings. The number of carbonyl (C=O) groups is 1. The summed E-state index contributed by atoms with van der Waals surface area (Å²) in [6.45, 7) is 1.68. The van der Waals surface area contributed by atoms with Crippen LogP contribution in [0.5, 0.6) is 0 Å². The molecule has 0 unspecified atom stereocenters. The maximum Gasteiger partial charge on any atom is 0.225 e. The second-order valence-corrected chi connectivity index (χ2v) is 7.74. The minimum Gasteiger partial charge on any atom is -0.353 e. The number of piperidine rings is 1. The number of benzene rings is 1. The van der Waals surface area contributed by atoms with Crippen LogP contribution in [-0.4, -0.2) is 35.0 Å². The van der Waals surface area contributed by atoms with Gasteiger partial charge in [0, 0.05) is 43.0 Å². The van der Waals surface area contributed by atoms with Gasteiger partial charge in [0.1, 0.15) is 0 Å². The first-order valence-corrected chi connectivity index (χ1v) is 10.2. The first-order valence-electron chi connectivity index (χ1n) is 10.2. The van der Waals surface area contributed by atoms with Crippen LogP contribution in [0.4, 0.5) is 5.95 Å². The van der Waals surface area contributed by atoms with Crippen LogP contribution in [-0.2, 0) is 4.79 Å². The fourth-order valence-corrected chi connectivity index (χ4v) is 4.17. The Hall–Kier alpha value is -2.43. The average Bonchev–Trinajstić information content (AvgIpc) is 2.75. The summed E-state index contributed by atoms with van der Waals surface area (Å²) in [6, 6.07) is 10.6. The number of carbonyl (C=O) groups excluding carboxylic acids is 1. The summed E-state index contributed by atoms with van der Waals surface area (Å²) >= 11 is 0. The number of anilines is 1. The van der Waals surface area contributed by atoms with E-state index < -0.39 is 0 Å². The third-order valence-corrected chi connectivity index (χ3v) is 5.85. The summed E-state index contributed by atoms with van der Waals surface area (Å²) in [5.41, 5.74) is 2.16. The Morgan fingerprint density at radius 2 is 1.56 bits per heavy atom. The predicted molar refractivity (Wildman–Crippen MR) is 107 cm³/mol. The highest BCUT2D eigenvalue weighted by atomic mass is 16.1. The van der Waals surface area contributed by atoms with Crippen LogP contribution in [0.2, 0.25) is 0 Å². The van der Waals surface area contributed by atoms with Crippen LogP contribution in [0.15, 0.2) is 42.7 Å². The van der Waals surface area contributed by atoms with E-state index in [9.17, 15) is 4.79 Å². The molecule has 5 nitrogen and oxygen atoms in total. The Balaban J connectivity index is 1.30. The molecule has 2 heterocycles. The van der Waals surface area contributed by atoms with Crippen molar-refractivity contribution in [1.82, 2.24) is 15.3 Å². The van der Waals surface area contributed by atoms with E-state index in [0.717, 1.165) is 55.8 Å². The number of nitrogens with one attached hydrogen (secondary N) is 1. The van der Waals surface area contributed by atoms with Crippen LogP contribution in [0, 0.1) is 5.92 Å². The van der Waals surface area contributed by atoms with Gasteiger partial charge in [-0.3, -0.25) is 4.79 Å². The minimum atomic E-state index is 0.131. The van der Waals surface area contributed by atoms with Crippen LogP contribution in [0.1, 0.15) is 44.9 Å². The number of aromatic nitrogens is 2. The van der Waals surface area contributed by atoms with Crippen molar-refractivity contribution in [2.24, 2.45) is 5.92 Å².